The van der Waals surface area contributed by atoms with Crippen molar-refractivity contribution >= 4 is 17.4 Å². The van der Waals surface area contributed by atoms with E-state index < -0.39 is 0 Å². The summed E-state index contributed by atoms with van der Waals surface area (Å²) < 4.78 is 1.73. The predicted molar refractivity (Wildman–Crippen MR) is 85.8 cm³/mol. The number of aromatic nitrogens is 2. The first-order chi connectivity index (χ1) is 10.0. The molecule has 21 heavy (non-hydrogen) atoms. The Kier molecular flexibility index (Phi) is 5.18. The largest absolute Gasteiger partial charge is 0.299 e. The van der Waals surface area contributed by atoms with E-state index in [0.717, 1.165) is 24.2 Å². The van der Waals surface area contributed by atoms with Crippen LogP contribution in [0.25, 0.3) is 0 Å². The quantitative estimate of drug-likeness (QED) is 0.816. The van der Waals surface area contributed by atoms with Crippen LogP contribution in [-0.4, -0.2) is 15.6 Å². The van der Waals surface area contributed by atoms with Crippen molar-refractivity contribution in [2.75, 3.05) is 0 Å². The van der Waals surface area contributed by atoms with Crippen LogP contribution in [0.2, 0.25) is 5.02 Å². The van der Waals surface area contributed by atoms with Gasteiger partial charge in [-0.3, -0.25) is 9.48 Å². The third-order valence-corrected chi connectivity index (χ3v) is 4.08. The van der Waals surface area contributed by atoms with E-state index in [1.807, 2.05) is 20.0 Å². The second kappa shape index (κ2) is 6.90. The third-order valence-electron chi connectivity index (χ3n) is 3.64. The van der Waals surface area contributed by atoms with Gasteiger partial charge in [0.25, 0.3) is 0 Å². The summed E-state index contributed by atoms with van der Waals surface area (Å²) in [6.45, 7) is 4.07. The third kappa shape index (κ3) is 3.94. The second-order valence-electron chi connectivity index (χ2n) is 5.39. The molecule has 0 aliphatic heterocycles. The molecule has 0 N–H and O–H groups in total. The molecule has 0 saturated heterocycles. The van der Waals surface area contributed by atoms with Crippen LogP contribution >= 0.6 is 11.6 Å². The van der Waals surface area contributed by atoms with Crippen molar-refractivity contribution in [3.8, 4) is 0 Å². The maximum Gasteiger partial charge on any atom is 0.139 e. The normalized spacial score (nSPS) is 10.9. The van der Waals surface area contributed by atoms with Crippen molar-refractivity contribution in [1.29, 1.82) is 0 Å². The van der Waals surface area contributed by atoms with Gasteiger partial charge in [0.2, 0.25) is 0 Å². The molecule has 2 rings (SSSR count). The molecule has 1 aromatic heterocycles. The number of hydrogen-bond donors (Lipinski definition) is 0. The Labute approximate surface area is 130 Å². The Morgan fingerprint density at radius 3 is 2.76 bits per heavy atom. The second-order valence-corrected chi connectivity index (χ2v) is 5.77. The van der Waals surface area contributed by atoms with Gasteiger partial charge < -0.3 is 0 Å². The minimum atomic E-state index is 0.198. The molecular formula is C17H21ClN2O. The van der Waals surface area contributed by atoms with Crippen molar-refractivity contribution in [2.24, 2.45) is 7.05 Å². The zero-order valence-electron chi connectivity index (χ0n) is 12.8. The van der Waals surface area contributed by atoms with E-state index in [2.05, 4.69) is 30.2 Å². The molecule has 0 bridgehead atoms. The molecule has 0 aliphatic rings. The van der Waals surface area contributed by atoms with E-state index in [4.69, 9.17) is 11.6 Å². The van der Waals surface area contributed by atoms with E-state index >= 15 is 0 Å². The molecule has 1 aromatic carbocycles. The van der Waals surface area contributed by atoms with Crippen molar-refractivity contribution < 1.29 is 4.79 Å². The minimum Gasteiger partial charge on any atom is -0.299 e. The first-order valence-corrected chi connectivity index (χ1v) is 7.66. The molecule has 0 atom stereocenters. The average molecular weight is 305 g/mol. The zero-order valence-corrected chi connectivity index (χ0v) is 13.6. The van der Waals surface area contributed by atoms with Crippen LogP contribution in [0.3, 0.4) is 0 Å². The fourth-order valence-electron chi connectivity index (χ4n) is 2.44. The molecule has 0 radical (unpaired) electrons. The van der Waals surface area contributed by atoms with Gasteiger partial charge in [0.15, 0.2) is 0 Å². The Morgan fingerprint density at radius 1 is 1.38 bits per heavy atom. The summed E-state index contributed by atoms with van der Waals surface area (Å²) in [7, 11) is 1.84. The molecule has 0 aliphatic carbocycles. The molecule has 3 nitrogen and oxygen atoms in total. The highest BCUT2D eigenvalue weighted by Gasteiger charge is 2.16. The molecular weight excluding hydrogens is 284 g/mol. The number of hydrogen-bond acceptors (Lipinski definition) is 2. The van der Waals surface area contributed by atoms with Gasteiger partial charge in [0, 0.05) is 19.9 Å². The van der Waals surface area contributed by atoms with Crippen molar-refractivity contribution in [2.45, 2.75) is 39.5 Å². The average Bonchev–Trinajstić information content (AvgIpc) is 2.72. The van der Waals surface area contributed by atoms with Crippen LogP contribution in [0.4, 0.5) is 0 Å². The van der Waals surface area contributed by atoms with Gasteiger partial charge in [-0.05, 0) is 25.3 Å². The van der Waals surface area contributed by atoms with E-state index in [0.29, 0.717) is 17.9 Å². The molecule has 2 aromatic rings. The maximum atomic E-state index is 12.2. The highest BCUT2D eigenvalue weighted by Crippen LogP contribution is 2.22. The van der Waals surface area contributed by atoms with Gasteiger partial charge in [-0.1, -0.05) is 48.4 Å². The summed E-state index contributed by atoms with van der Waals surface area (Å²) in [5, 5.41) is 4.99. The first kappa shape index (κ1) is 15.8. The Bertz CT molecular complexity index is 646. The van der Waals surface area contributed by atoms with Crippen molar-refractivity contribution in [1.82, 2.24) is 9.78 Å². The summed E-state index contributed by atoms with van der Waals surface area (Å²) in [6.07, 6.45) is 2.45. The number of nitrogens with zero attached hydrogens (tertiary/aromatic N) is 2. The lowest BCUT2D eigenvalue weighted by molar-refractivity contribution is -0.118. The monoisotopic (exact) mass is 304 g/mol. The summed E-state index contributed by atoms with van der Waals surface area (Å²) in [4.78, 5) is 12.2. The van der Waals surface area contributed by atoms with Crippen molar-refractivity contribution in [3.63, 3.8) is 0 Å². The molecule has 0 amide bonds. The highest BCUT2D eigenvalue weighted by atomic mass is 35.5. The van der Waals surface area contributed by atoms with Crippen LogP contribution in [0.1, 0.15) is 35.9 Å². The number of Topliss-reactive ketones (excluding diaryl/α,β-unsaturated/α-hetero) is 1. The topological polar surface area (TPSA) is 34.9 Å². The van der Waals surface area contributed by atoms with Gasteiger partial charge in [0.05, 0.1) is 16.4 Å². The van der Waals surface area contributed by atoms with Crippen LogP contribution in [0.15, 0.2) is 24.3 Å². The summed E-state index contributed by atoms with van der Waals surface area (Å²) in [5.74, 6) is 0.198. The summed E-state index contributed by atoms with van der Waals surface area (Å²) in [6, 6.07) is 8.28. The molecule has 0 fully saturated rings. The van der Waals surface area contributed by atoms with Crippen molar-refractivity contribution in [3.05, 3.63) is 51.8 Å². The van der Waals surface area contributed by atoms with Crippen LogP contribution in [0.5, 0.6) is 0 Å². The highest BCUT2D eigenvalue weighted by molar-refractivity contribution is 6.32. The summed E-state index contributed by atoms with van der Waals surface area (Å²) in [5.41, 5.74) is 4.11. The number of benzene rings is 1. The number of halogens is 1. The lowest BCUT2D eigenvalue weighted by atomic mass is 10.0. The van der Waals surface area contributed by atoms with Gasteiger partial charge in [0.1, 0.15) is 5.78 Å². The number of rotatable bonds is 6. The fraction of sp³-hybridized carbons (Fsp3) is 0.412. The minimum absolute atomic E-state index is 0.198. The molecule has 0 spiro atoms. The SMILES string of the molecule is CCc1nn(C)c(CC(=O)CCc2cccc(C)c2)c1Cl. The number of ketones is 1. The molecule has 4 heteroatoms. The Hall–Kier alpha value is -1.61. The number of aryl methyl sites for hydroxylation is 4. The summed E-state index contributed by atoms with van der Waals surface area (Å²) >= 11 is 6.28. The predicted octanol–water partition coefficient (Wildman–Crippen LogP) is 3.69. The number of carbonyl (C=O) groups excluding carboxylic acids is 1. The molecule has 112 valence electrons. The van der Waals surface area contributed by atoms with Gasteiger partial charge in [-0.15, -0.1) is 0 Å². The number of carbonyl (C=O) groups is 1. The lowest BCUT2D eigenvalue weighted by Gasteiger charge is -2.04. The van der Waals surface area contributed by atoms with E-state index in [1.54, 1.807) is 4.68 Å². The molecule has 0 saturated carbocycles. The van der Waals surface area contributed by atoms with Gasteiger partial charge >= 0.3 is 0 Å². The van der Waals surface area contributed by atoms with E-state index in [1.165, 1.54) is 11.1 Å². The maximum absolute atomic E-state index is 12.2. The fourth-order valence-corrected chi connectivity index (χ4v) is 2.80. The molecule has 1 heterocycles. The smallest absolute Gasteiger partial charge is 0.139 e. The first-order valence-electron chi connectivity index (χ1n) is 7.28. The Morgan fingerprint density at radius 2 is 2.14 bits per heavy atom. The molecule has 0 unspecified atom stereocenters. The standard InChI is InChI=1S/C17H21ClN2O/c1-4-15-17(18)16(20(3)19-15)11-14(21)9-8-13-7-5-6-12(2)10-13/h5-7,10H,4,8-9,11H2,1-3H3. The van der Waals surface area contributed by atoms with Crippen LogP contribution < -0.4 is 0 Å². The van der Waals surface area contributed by atoms with Crippen LogP contribution in [0, 0.1) is 6.92 Å². The zero-order chi connectivity index (χ0) is 15.4. The van der Waals surface area contributed by atoms with E-state index in [-0.39, 0.29) is 5.78 Å². The lowest BCUT2D eigenvalue weighted by Crippen LogP contribution is -2.08. The van der Waals surface area contributed by atoms with Gasteiger partial charge in [-0.2, -0.15) is 5.10 Å². The van der Waals surface area contributed by atoms with Gasteiger partial charge in [-0.25, -0.2) is 0 Å². The van der Waals surface area contributed by atoms with E-state index in [9.17, 15) is 4.79 Å². The Balaban J connectivity index is 1.98. The van der Waals surface area contributed by atoms with Crippen LogP contribution in [-0.2, 0) is 31.1 Å².